The average Bonchev–Trinajstić information content (AvgIpc) is 2.78. The lowest BCUT2D eigenvalue weighted by Crippen LogP contribution is -2.22. The third-order valence-electron chi connectivity index (χ3n) is 2.95. The van der Waals surface area contributed by atoms with E-state index in [0.717, 1.165) is 12.8 Å². The van der Waals surface area contributed by atoms with E-state index >= 15 is 0 Å². The number of Topliss-reactive ketones (excluding diaryl/α,β-unsaturated/α-hetero) is 1. The van der Waals surface area contributed by atoms with Gasteiger partial charge >= 0.3 is 0 Å². The second-order valence-corrected chi connectivity index (χ2v) is 6.78. The van der Waals surface area contributed by atoms with Crippen LogP contribution >= 0.6 is 23.1 Å². The monoisotopic (exact) mass is 254 g/mol. The molecule has 1 aromatic heterocycles. The van der Waals surface area contributed by atoms with E-state index < -0.39 is 0 Å². The summed E-state index contributed by atoms with van der Waals surface area (Å²) in [6.07, 6.45) is 5.34. The molecule has 1 aromatic rings. The van der Waals surface area contributed by atoms with Gasteiger partial charge in [0.25, 0.3) is 0 Å². The van der Waals surface area contributed by atoms with E-state index in [1.165, 1.54) is 28.3 Å². The second-order valence-electron chi connectivity index (χ2n) is 4.22. The third kappa shape index (κ3) is 3.11. The Balaban J connectivity index is 1.90. The number of hydrogen-bond donors (Lipinski definition) is 0. The van der Waals surface area contributed by atoms with Crippen LogP contribution in [-0.4, -0.2) is 16.8 Å². The number of aryl methyl sites for hydroxylation is 1. The molecule has 1 atom stereocenters. The fourth-order valence-corrected chi connectivity index (χ4v) is 4.21. The van der Waals surface area contributed by atoms with E-state index in [1.54, 1.807) is 11.3 Å². The molecule has 0 spiro atoms. The summed E-state index contributed by atoms with van der Waals surface area (Å²) >= 11 is 3.65. The molecule has 0 aromatic carbocycles. The highest BCUT2D eigenvalue weighted by molar-refractivity contribution is 8.00. The first-order chi connectivity index (χ1) is 7.79. The summed E-state index contributed by atoms with van der Waals surface area (Å²) in [4.78, 5) is 14.7. The summed E-state index contributed by atoms with van der Waals surface area (Å²) in [6, 6.07) is 4.27. The van der Waals surface area contributed by atoms with Gasteiger partial charge in [-0.3, -0.25) is 4.79 Å². The number of rotatable bonds is 4. The Morgan fingerprint density at radius 3 is 2.81 bits per heavy atom. The van der Waals surface area contributed by atoms with E-state index in [0.29, 0.717) is 12.2 Å². The lowest BCUT2D eigenvalue weighted by molar-refractivity contribution is -0.118. The largest absolute Gasteiger partial charge is 0.298 e. The molecule has 0 aliphatic carbocycles. The Bertz CT molecular complexity index is 351. The van der Waals surface area contributed by atoms with Gasteiger partial charge in [0.15, 0.2) is 5.78 Å². The quantitative estimate of drug-likeness (QED) is 0.815. The van der Waals surface area contributed by atoms with E-state index in [9.17, 15) is 4.79 Å². The first-order valence-electron chi connectivity index (χ1n) is 6.01. The number of ketones is 1. The number of hydrogen-bond acceptors (Lipinski definition) is 3. The van der Waals surface area contributed by atoms with Crippen LogP contribution in [0.25, 0.3) is 0 Å². The summed E-state index contributed by atoms with van der Waals surface area (Å²) in [5.74, 6) is 1.61. The molecule has 0 N–H and O–H groups in total. The van der Waals surface area contributed by atoms with Gasteiger partial charge in [-0.25, -0.2) is 0 Å². The summed E-state index contributed by atoms with van der Waals surface area (Å²) in [5, 5.41) is 0.279. The predicted molar refractivity (Wildman–Crippen MR) is 72.5 cm³/mol. The van der Waals surface area contributed by atoms with Gasteiger partial charge in [0.1, 0.15) is 0 Å². The van der Waals surface area contributed by atoms with Crippen LogP contribution in [0.5, 0.6) is 0 Å². The summed E-state index contributed by atoms with van der Waals surface area (Å²) < 4.78 is 0. The average molecular weight is 254 g/mol. The maximum absolute atomic E-state index is 12.1. The summed E-state index contributed by atoms with van der Waals surface area (Å²) in [5.41, 5.74) is 0. The summed E-state index contributed by atoms with van der Waals surface area (Å²) in [6.45, 7) is 2.16. The van der Waals surface area contributed by atoms with Gasteiger partial charge in [0.2, 0.25) is 0 Å². The Morgan fingerprint density at radius 1 is 1.38 bits per heavy atom. The van der Waals surface area contributed by atoms with Gasteiger partial charge in [0, 0.05) is 16.2 Å². The molecule has 0 bridgehead atoms. The van der Waals surface area contributed by atoms with Crippen molar-refractivity contribution in [3.63, 3.8) is 0 Å². The molecule has 1 aliphatic rings. The molecule has 88 valence electrons. The minimum absolute atomic E-state index is 0.279. The van der Waals surface area contributed by atoms with Crippen molar-refractivity contribution in [2.45, 2.75) is 44.3 Å². The smallest absolute Gasteiger partial charge is 0.150 e. The van der Waals surface area contributed by atoms with Crippen LogP contribution in [0, 0.1) is 0 Å². The van der Waals surface area contributed by atoms with Gasteiger partial charge in [-0.15, -0.1) is 11.3 Å². The molecule has 0 amide bonds. The highest BCUT2D eigenvalue weighted by Gasteiger charge is 2.21. The van der Waals surface area contributed by atoms with Crippen molar-refractivity contribution in [1.82, 2.24) is 0 Å². The maximum atomic E-state index is 12.1. The zero-order valence-corrected chi connectivity index (χ0v) is 11.3. The van der Waals surface area contributed by atoms with Crippen molar-refractivity contribution in [1.29, 1.82) is 0 Å². The van der Waals surface area contributed by atoms with Crippen molar-refractivity contribution in [3.8, 4) is 0 Å². The molecule has 0 saturated carbocycles. The molecule has 2 heterocycles. The van der Waals surface area contributed by atoms with Crippen molar-refractivity contribution in [2.24, 2.45) is 0 Å². The van der Waals surface area contributed by atoms with Crippen LogP contribution in [0.15, 0.2) is 12.1 Å². The topological polar surface area (TPSA) is 17.1 Å². The Hall–Kier alpha value is -0.280. The SMILES string of the molecule is CCc1ccc(CC(=O)C2CCCCS2)s1. The van der Waals surface area contributed by atoms with Gasteiger partial charge < -0.3 is 0 Å². The Morgan fingerprint density at radius 2 is 2.19 bits per heavy atom. The number of thiophene rings is 1. The van der Waals surface area contributed by atoms with Crippen LogP contribution in [-0.2, 0) is 17.6 Å². The Labute approximate surface area is 106 Å². The third-order valence-corrected chi connectivity index (χ3v) is 5.61. The van der Waals surface area contributed by atoms with E-state index in [-0.39, 0.29) is 5.25 Å². The fraction of sp³-hybridized carbons (Fsp3) is 0.615. The second kappa shape index (κ2) is 5.87. The number of carbonyl (C=O) groups is 1. The highest BCUT2D eigenvalue weighted by atomic mass is 32.2. The zero-order valence-electron chi connectivity index (χ0n) is 9.70. The maximum Gasteiger partial charge on any atom is 0.150 e. The normalized spacial score (nSPS) is 20.9. The van der Waals surface area contributed by atoms with Crippen LogP contribution in [0.1, 0.15) is 35.9 Å². The minimum atomic E-state index is 0.279. The van der Waals surface area contributed by atoms with E-state index in [4.69, 9.17) is 0 Å². The summed E-state index contributed by atoms with van der Waals surface area (Å²) in [7, 11) is 0. The van der Waals surface area contributed by atoms with Crippen LogP contribution in [0.3, 0.4) is 0 Å². The van der Waals surface area contributed by atoms with Crippen molar-refractivity contribution in [3.05, 3.63) is 21.9 Å². The predicted octanol–water partition coefficient (Wildman–Crippen LogP) is 3.71. The minimum Gasteiger partial charge on any atom is -0.298 e. The lowest BCUT2D eigenvalue weighted by Gasteiger charge is -2.19. The first kappa shape index (κ1) is 12.2. The van der Waals surface area contributed by atoms with Crippen molar-refractivity contribution < 1.29 is 4.79 Å². The lowest BCUT2D eigenvalue weighted by atomic mass is 10.1. The molecule has 2 rings (SSSR count). The first-order valence-corrected chi connectivity index (χ1v) is 7.88. The van der Waals surface area contributed by atoms with E-state index in [2.05, 4.69) is 19.1 Å². The van der Waals surface area contributed by atoms with Crippen molar-refractivity contribution in [2.75, 3.05) is 5.75 Å². The molecule has 1 fully saturated rings. The zero-order chi connectivity index (χ0) is 11.4. The van der Waals surface area contributed by atoms with Gasteiger partial charge in [-0.2, -0.15) is 11.8 Å². The van der Waals surface area contributed by atoms with Crippen molar-refractivity contribution >= 4 is 28.9 Å². The molecular formula is C13H18OS2. The van der Waals surface area contributed by atoms with E-state index in [1.807, 2.05) is 11.8 Å². The number of carbonyl (C=O) groups excluding carboxylic acids is 1. The molecule has 1 nitrogen and oxygen atoms in total. The molecule has 3 heteroatoms. The highest BCUT2D eigenvalue weighted by Crippen LogP contribution is 2.27. The van der Waals surface area contributed by atoms with Crippen LogP contribution in [0.2, 0.25) is 0 Å². The van der Waals surface area contributed by atoms with Gasteiger partial charge in [0.05, 0.1) is 5.25 Å². The molecule has 16 heavy (non-hydrogen) atoms. The molecule has 1 aliphatic heterocycles. The van der Waals surface area contributed by atoms with Gasteiger partial charge in [-0.05, 0) is 37.1 Å². The fourth-order valence-electron chi connectivity index (χ4n) is 1.99. The molecule has 1 saturated heterocycles. The van der Waals surface area contributed by atoms with Gasteiger partial charge in [-0.1, -0.05) is 13.3 Å². The van der Waals surface area contributed by atoms with Crippen LogP contribution < -0.4 is 0 Å². The molecular weight excluding hydrogens is 236 g/mol. The molecule has 1 unspecified atom stereocenters. The number of thioether (sulfide) groups is 1. The molecule has 0 radical (unpaired) electrons. The van der Waals surface area contributed by atoms with Crippen LogP contribution in [0.4, 0.5) is 0 Å². The Kier molecular flexibility index (Phi) is 4.47. The standard InChI is InChI=1S/C13H18OS2/c1-2-10-6-7-11(16-10)9-12(14)13-5-3-4-8-15-13/h6-7,13H,2-5,8-9H2,1H3.